The molecule has 2 aromatic carbocycles. The number of nitro groups is 1. The molecule has 0 fully saturated rings. The van der Waals surface area contributed by atoms with E-state index in [2.05, 4.69) is 17.4 Å². The topological polar surface area (TPSA) is 81.2 Å². The Balaban J connectivity index is 1.93. The van der Waals surface area contributed by atoms with Crippen molar-refractivity contribution < 1.29 is 4.92 Å². The molecule has 0 atom stereocenters. The summed E-state index contributed by atoms with van der Waals surface area (Å²) in [6.45, 7) is 0.751. The van der Waals surface area contributed by atoms with Crippen molar-refractivity contribution in [2.24, 2.45) is 0 Å². The summed E-state index contributed by atoms with van der Waals surface area (Å²) >= 11 is 0. The molecule has 19 heavy (non-hydrogen) atoms. The van der Waals surface area contributed by atoms with Gasteiger partial charge in [-0.05, 0) is 24.1 Å². The van der Waals surface area contributed by atoms with Crippen molar-refractivity contribution >= 4 is 17.1 Å². The monoisotopic (exact) mass is 257 g/mol. The van der Waals surface area contributed by atoms with Crippen LogP contribution < -0.4 is 11.1 Å². The number of nitrogens with zero attached hydrogens (tertiary/aromatic N) is 1. The standard InChI is InChI=1S/C14H15N3O2/c15-13-10-12(6-7-14(13)17(18)19)16-9-8-11-4-2-1-3-5-11/h1-7,10,16H,8-9,15H2. The number of hydrogen-bond acceptors (Lipinski definition) is 4. The van der Waals surface area contributed by atoms with Gasteiger partial charge < -0.3 is 11.1 Å². The number of anilines is 2. The fraction of sp³-hybridized carbons (Fsp3) is 0.143. The molecule has 5 heteroatoms. The molecule has 2 rings (SSSR count). The Morgan fingerprint density at radius 2 is 1.89 bits per heavy atom. The van der Waals surface area contributed by atoms with E-state index >= 15 is 0 Å². The van der Waals surface area contributed by atoms with Crippen LogP contribution in [0.25, 0.3) is 0 Å². The Hall–Kier alpha value is -2.56. The molecule has 0 bridgehead atoms. The Morgan fingerprint density at radius 3 is 2.53 bits per heavy atom. The van der Waals surface area contributed by atoms with Crippen LogP contribution in [0.15, 0.2) is 48.5 Å². The second-order valence-corrected chi connectivity index (χ2v) is 4.19. The van der Waals surface area contributed by atoms with Crippen LogP contribution in [0, 0.1) is 10.1 Å². The van der Waals surface area contributed by atoms with Crippen LogP contribution in [0.1, 0.15) is 5.56 Å². The molecule has 0 saturated heterocycles. The van der Waals surface area contributed by atoms with Gasteiger partial charge in [0.2, 0.25) is 0 Å². The molecule has 0 aliphatic carbocycles. The highest BCUT2D eigenvalue weighted by Gasteiger charge is 2.10. The fourth-order valence-corrected chi connectivity index (χ4v) is 1.83. The molecule has 0 unspecified atom stereocenters. The van der Waals surface area contributed by atoms with Crippen molar-refractivity contribution in [2.45, 2.75) is 6.42 Å². The highest BCUT2D eigenvalue weighted by Crippen LogP contribution is 2.24. The van der Waals surface area contributed by atoms with Gasteiger partial charge in [-0.3, -0.25) is 10.1 Å². The van der Waals surface area contributed by atoms with Gasteiger partial charge in [0.25, 0.3) is 5.69 Å². The molecule has 0 spiro atoms. The molecule has 0 aromatic heterocycles. The number of nitrogens with two attached hydrogens (primary N) is 1. The quantitative estimate of drug-likeness (QED) is 0.490. The van der Waals surface area contributed by atoms with Gasteiger partial charge in [-0.15, -0.1) is 0 Å². The number of benzene rings is 2. The zero-order valence-electron chi connectivity index (χ0n) is 10.4. The predicted octanol–water partition coefficient (Wildman–Crippen LogP) is 2.83. The first-order chi connectivity index (χ1) is 9.16. The first-order valence-corrected chi connectivity index (χ1v) is 5.98. The molecule has 0 saturated carbocycles. The van der Waals surface area contributed by atoms with Gasteiger partial charge in [-0.25, -0.2) is 0 Å². The van der Waals surface area contributed by atoms with E-state index in [4.69, 9.17) is 5.73 Å². The number of nitrogen functional groups attached to an aromatic ring is 1. The van der Waals surface area contributed by atoms with E-state index < -0.39 is 4.92 Å². The Morgan fingerprint density at radius 1 is 1.16 bits per heavy atom. The van der Waals surface area contributed by atoms with Crippen molar-refractivity contribution in [3.8, 4) is 0 Å². The predicted molar refractivity (Wildman–Crippen MR) is 76.1 cm³/mol. The van der Waals surface area contributed by atoms with Gasteiger partial charge in [0.1, 0.15) is 5.69 Å². The first kappa shape index (κ1) is 12.9. The van der Waals surface area contributed by atoms with Gasteiger partial charge in [0, 0.05) is 18.3 Å². The normalized spacial score (nSPS) is 10.1. The SMILES string of the molecule is Nc1cc(NCCc2ccccc2)ccc1[N+](=O)[O-]. The highest BCUT2D eigenvalue weighted by molar-refractivity contribution is 5.65. The second kappa shape index (κ2) is 5.86. The van der Waals surface area contributed by atoms with Crippen molar-refractivity contribution in [3.63, 3.8) is 0 Å². The first-order valence-electron chi connectivity index (χ1n) is 5.98. The highest BCUT2D eigenvalue weighted by atomic mass is 16.6. The minimum Gasteiger partial charge on any atom is -0.393 e. The summed E-state index contributed by atoms with van der Waals surface area (Å²) in [6.07, 6.45) is 0.887. The number of rotatable bonds is 5. The maximum Gasteiger partial charge on any atom is 0.292 e. The summed E-state index contributed by atoms with van der Waals surface area (Å²) in [7, 11) is 0. The third-order valence-corrected chi connectivity index (χ3v) is 2.81. The van der Waals surface area contributed by atoms with Crippen LogP contribution in [0.5, 0.6) is 0 Å². The lowest BCUT2D eigenvalue weighted by Gasteiger charge is -2.07. The number of nitro benzene ring substituents is 1. The molecule has 0 aliphatic heterocycles. The van der Waals surface area contributed by atoms with Crippen LogP contribution in [0.2, 0.25) is 0 Å². The van der Waals surface area contributed by atoms with Crippen LogP contribution in [0.3, 0.4) is 0 Å². The van der Waals surface area contributed by atoms with E-state index in [1.807, 2.05) is 18.2 Å². The zero-order chi connectivity index (χ0) is 13.7. The van der Waals surface area contributed by atoms with Crippen molar-refractivity contribution in [1.82, 2.24) is 0 Å². The summed E-state index contributed by atoms with van der Waals surface area (Å²) in [5.41, 5.74) is 7.77. The number of nitrogens with one attached hydrogen (secondary N) is 1. The van der Waals surface area contributed by atoms with E-state index in [0.29, 0.717) is 0 Å². The molecule has 0 aliphatic rings. The minimum absolute atomic E-state index is 0.0615. The van der Waals surface area contributed by atoms with Gasteiger partial charge in [0.15, 0.2) is 0 Å². The van der Waals surface area contributed by atoms with Gasteiger partial charge >= 0.3 is 0 Å². The molecular formula is C14H15N3O2. The van der Waals surface area contributed by atoms with E-state index in [-0.39, 0.29) is 11.4 Å². The smallest absolute Gasteiger partial charge is 0.292 e. The summed E-state index contributed by atoms with van der Waals surface area (Å²) in [6, 6.07) is 14.8. The Bertz CT molecular complexity index is 570. The summed E-state index contributed by atoms with van der Waals surface area (Å²) in [4.78, 5) is 10.2. The van der Waals surface area contributed by atoms with Crippen LogP contribution in [-0.2, 0) is 6.42 Å². The van der Waals surface area contributed by atoms with E-state index in [9.17, 15) is 10.1 Å². The summed E-state index contributed by atoms with van der Waals surface area (Å²) in [5, 5.41) is 13.8. The van der Waals surface area contributed by atoms with Crippen LogP contribution >= 0.6 is 0 Å². The maximum atomic E-state index is 10.6. The molecule has 98 valence electrons. The largest absolute Gasteiger partial charge is 0.393 e. The van der Waals surface area contributed by atoms with E-state index in [1.165, 1.54) is 11.6 Å². The molecule has 0 heterocycles. The summed E-state index contributed by atoms with van der Waals surface area (Å²) in [5.74, 6) is 0. The lowest BCUT2D eigenvalue weighted by atomic mass is 10.1. The number of hydrogen-bond donors (Lipinski definition) is 2. The lowest BCUT2D eigenvalue weighted by molar-refractivity contribution is -0.383. The van der Waals surface area contributed by atoms with E-state index in [0.717, 1.165) is 18.7 Å². The molecule has 3 N–H and O–H groups in total. The summed E-state index contributed by atoms with van der Waals surface area (Å²) < 4.78 is 0. The second-order valence-electron chi connectivity index (χ2n) is 4.19. The van der Waals surface area contributed by atoms with Crippen LogP contribution in [-0.4, -0.2) is 11.5 Å². The molecule has 0 radical (unpaired) electrons. The van der Waals surface area contributed by atoms with Gasteiger partial charge in [-0.2, -0.15) is 0 Å². The zero-order valence-corrected chi connectivity index (χ0v) is 10.4. The minimum atomic E-state index is -0.483. The maximum absolute atomic E-state index is 10.6. The van der Waals surface area contributed by atoms with Crippen molar-refractivity contribution in [2.75, 3.05) is 17.6 Å². The van der Waals surface area contributed by atoms with E-state index in [1.54, 1.807) is 12.1 Å². The Labute approximate surface area is 111 Å². The fourth-order valence-electron chi connectivity index (χ4n) is 1.83. The average molecular weight is 257 g/mol. The lowest BCUT2D eigenvalue weighted by Crippen LogP contribution is -2.05. The third kappa shape index (κ3) is 3.45. The molecule has 5 nitrogen and oxygen atoms in total. The third-order valence-electron chi connectivity index (χ3n) is 2.81. The molecular weight excluding hydrogens is 242 g/mol. The van der Waals surface area contributed by atoms with Crippen LogP contribution in [0.4, 0.5) is 17.1 Å². The Kier molecular flexibility index (Phi) is 3.97. The molecule has 0 amide bonds. The molecule has 2 aromatic rings. The average Bonchev–Trinajstić information content (AvgIpc) is 2.39. The van der Waals surface area contributed by atoms with Crippen molar-refractivity contribution in [3.05, 3.63) is 64.2 Å². The van der Waals surface area contributed by atoms with Gasteiger partial charge in [-0.1, -0.05) is 30.3 Å². The van der Waals surface area contributed by atoms with Gasteiger partial charge in [0.05, 0.1) is 4.92 Å². The van der Waals surface area contributed by atoms with Crippen molar-refractivity contribution in [1.29, 1.82) is 0 Å².